The van der Waals surface area contributed by atoms with E-state index in [-0.39, 0.29) is 29.7 Å². The zero-order valence-corrected chi connectivity index (χ0v) is 20.8. The van der Waals surface area contributed by atoms with E-state index in [0.29, 0.717) is 16.1 Å². The van der Waals surface area contributed by atoms with Crippen LogP contribution in [0.2, 0.25) is 5.02 Å². The molecule has 2 aromatic rings. The van der Waals surface area contributed by atoms with Crippen LogP contribution in [-0.4, -0.2) is 68.5 Å². The molecule has 0 spiro atoms. The third-order valence-electron chi connectivity index (χ3n) is 7.76. The van der Waals surface area contributed by atoms with Crippen molar-refractivity contribution >= 4 is 34.8 Å². The Bertz CT molecular complexity index is 1440. The zero-order valence-electron chi connectivity index (χ0n) is 20.0. The highest BCUT2D eigenvalue weighted by Crippen LogP contribution is 2.53. The molecular weight excluding hydrogens is 500 g/mol. The molecule has 9 nitrogen and oxygen atoms in total. The first-order valence-corrected chi connectivity index (χ1v) is 12.0. The van der Waals surface area contributed by atoms with E-state index in [2.05, 4.69) is 0 Å². The van der Waals surface area contributed by atoms with E-state index < -0.39 is 58.0 Å². The number of likely N-dealkylation sites (N-methyl/N-ethyl adjacent to an activating group) is 1. The molecule has 0 aromatic heterocycles. The molecule has 3 aliphatic rings. The predicted octanol–water partition coefficient (Wildman–Crippen LogP) is 2.28. The maximum atomic E-state index is 13.9. The Labute approximate surface area is 217 Å². The van der Waals surface area contributed by atoms with Crippen molar-refractivity contribution in [1.29, 1.82) is 0 Å². The van der Waals surface area contributed by atoms with Crippen molar-refractivity contribution in [3.05, 3.63) is 69.5 Å². The number of primary amides is 1. The first-order chi connectivity index (χ1) is 17.4. The van der Waals surface area contributed by atoms with Gasteiger partial charge in [0.2, 0.25) is 5.78 Å². The summed E-state index contributed by atoms with van der Waals surface area (Å²) in [6.07, 6.45) is 0.238. The maximum Gasteiger partial charge on any atom is 0.255 e. The van der Waals surface area contributed by atoms with E-state index in [1.165, 1.54) is 11.0 Å². The fourth-order valence-electron chi connectivity index (χ4n) is 6.14. The number of Topliss-reactive ketones (excluding diaryl/α,β-unsaturated/α-hetero) is 2. The first-order valence-electron chi connectivity index (χ1n) is 11.6. The van der Waals surface area contributed by atoms with Crippen LogP contribution in [0.4, 0.5) is 0 Å². The number of nitrogens with two attached hydrogens (primary N) is 1. The van der Waals surface area contributed by atoms with Gasteiger partial charge in [-0.05, 0) is 67.7 Å². The number of hydrogen-bond donors (Lipinski definition) is 5. The second kappa shape index (κ2) is 8.44. The van der Waals surface area contributed by atoms with Gasteiger partial charge in [0.15, 0.2) is 11.4 Å². The third kappa shape index (κ3) is 3.42. The molecule has 1 saturated carbocycles. The normalized spacial score (nSPS) is 27.2. The van der Waals surface area contributed by atoms with Gasteiger partial charge in [0.1, 0.15) is 22.8 Å². The third-order valence-corrected chi connectivity index (χ3v) is 8.01. The standard InChI is InChI=1S/C27H25ClN2O7/c1-30(2)21-16-10-12-9-15-14(11-3-5-13(28)6-4-11)7-8-17(31)19(15)22(32)18(12)24(34)27(16,37)25(35)20(23(21)33)26(29)36/h3-8,12,16,21,31-32,35,37H,9-10H2,1-2H3,(H2,29,36). The van der Waals surface area contributed by atoms with Crippen molar-refractivity contribution < 1.29 is 34.8 Å². The van der Waals surface area contributed by atoms with Crippen LogP contribution in [0.5, 0.6) is 5.75 Å². The van der Waals surface area contributed by atoms with Crippen molar-refractivity contribution in [1.82, 2.24) is 4.90 Å². The predicted molar refractivity (Wildman–Crippen MR) is 135 cm³/mol. The van der Waals surface area contributed by atoms with Gasteiger partial charge in [-0.3, -0.25) is 19.3 Å². The molecule has 10 heteroatoms. The number of benzene rings is 2. The van der Waals surface area contributed by atoms with E-state index in [9.17, 15) is 34.8 Å². The Balaban J connectivity index is 1.74. The molecule has 3 aliphatic carbocycles. The summed E-state index contributed by atoms with van der Waals surface area (Å²) >= 11 is 6.04. The Morgan fingerprint density at radius 3 is 2.32 bits per heavy atom. The summed E-state index contributed by atoms with van der Waals surface area (Å²) in [7, 11) is 3.12. The molecule has 0 radical (unpaired) electrons. The second-order valence-electron chi connectivity index (χ2n) is 9.95. The number of aromatic hydroxyl groups is 1. The lowest BCUT2D eigenvalue weighted by molar-refractivity contribution is -0.153. The Morgan fingerprint density at radius 2 is 1.73 bits per heavy atom. The number of carbonyl (C=O) groups excluding carboxylic acids is 3. The van der Waals surface area contributed by atoms with Gasteiger partial charge in [-0.1, -0.05) is 29.8 Å². The lowest BCUT2D eigenvalue weighted by Crippen LogP contribution is -2.65. The highest BCUT2D eigenvalue weighted by atomic mass is 35.5. The van der Waals surface area contributed by atoms with Gasteiger partial charge in [0.25, 0.3) is 5.91 Å². The van der Waals surface area contributed by atoms with Crippen LogP contribution in [0.15, 0.2) is 53.3 Å². The SMILES string of the molecule is CN(C)C1C(=O)C(C(N)=O)=C(O)C2(O)C(=O)C3=C(O)c4c(O)ccc(-c5ccc(Cl)cc5)c4CC3CC12. The minimum absolute atomic E-state index is 0.0292. The average molecular weight is 525 g/mol. The lowest BCUT2D eigenvalue weighted by atomic mass is 9.57. The van der Waals surface area contributed by atoms with Gasteiger partial charge >= 0.3 is 0 Å². The van der Waals surface area contributed by atoms with E-state index >= 15 is 0 Å². The van der Waals surface area contributed by atoms with E-state index in [0.717, 1.165) is 5.56 Å². The Kier molecular flexibility index (Phi) is 5.71. The number of hydrogen-bond acceptors (Lipinski definition) is 8. The first kappa shape index (κ1) is 25.0. The van der Waals surface area contributed by atoms with Gasteiger partial charge in [0.05, 0.1) is 11.6 Å². The molecular formula is C27H25ClN2O7. The molecule has 0 saturated heterocycles. The molecule has 1 fully saturated rings. The highest BCUT2D eigenvalue weighted by Gasteiger charge is 2.64. The monoisotopic (exact) mass is 524 g/mol. The molecule has 4 unspecified atom stereocenters. The quantitative estimate of drug-likeness (QED) is 0.382. The lowest BCUT2D eigenvalue weighted by Gasteiger charge is -2.50. The molecule has 1 amide bonds. The molecule has 0 heterocycles. The minimum Gasteiger partial charge on any atom is -0.508 e. The molecule has 5 rings (SSSR count). The highest BCUT2D eigenvalue weighted by molar-refractivity contribution is 6.30. The largest absolute Gasteiger partial charge is 0.508 e. The summed E-state index contributed by atoms with van der Waals surface area (Å²) in [5.41, 5.74) is 3.79. The topological polar surface area (TPSA) is 161 Å². The van der Waals surface area contributed by atoms with Crippen LogP contribution in [-0.2, 0) is 20.8 Å². The van der Waals surface area contributed by atoms with Crippen LogP contribution >= 0.6 is 11.6 Å². The van der Waals surface area contributed by atoms with Gasteiger partial charge in [-0.2, -0.15) is 0 Å². The number of carbonyl (C=O) groups is 3. The van der Waals surface area contributed by atoms with Crippen molar-refractivity contribution in [2.75, 3.05) is 14.1 Å². The van der Waals surface area contributed by atoms with Crippen LogP contribution in [0.3, 0.4) is 0 Å². The maximum absolute atomic E-state index is 13.9. The summed E-state index contributed by atoms with van der Waals surface area (Å²) in [6.45, 7) is 0. The van der Waals surface area contributed by atoms with Crippen molar-refractivity contribution in [3.63, 3.8) is 0 Å². The summed E-state index contributed by atoms with van der Waals surface area (Å²) < 4.78 is 0. The van der Waals surface area contributed by atoms with Crippen LogP contribution in [0.1, 0.15) is 17.5 Å². The fourth-order valence-corrected chi connectivity index (χ4v) is 6.27. The summed E-state index contributed by atoms with van der Waals surface area (Å²) in [5, 5.41) is 45.1. The molecule has 4 atom stereocenters. The molecule has 2 aromatic carbocycles. The summed E-state index contributed by atoms with van der Waals surface area (Å²) in [5.74, 6) is -6.76. The van der Waals surface area contributed by atoms with E-state index in [1.807, 2.05) is 0 Å². The molecule has 0 bridgehead atoms. The molecule has 6 N–H and O–H groups in total. The van der Waals surface area contributed by atoms with Gasteiger partial charge in [0, 0.05) is 16.5 Å². The van der Waals surface area contributed by atoms with Crippen molar-refractivity contribution in [2.24, 2.45) is 17.6 Å². The van der Waals surface area contributed by atoms with Gasteiger partial charge in [-0.25, -0.2) is 0 Å². The molecule has 37 heavy (non-hydrogen) atoms. The average Bonchev–Trinajstić information content (AvgIpc) is 2.82. The van der Waals surface area contributed by atoms with E-state index in [1.54, 1.807) is 44.4 Å². The van der Waals surface area contributed by atoms with Gasteiger partial charge in [-0.15, -0.1) is 0 Å². The van der Waals surface area contributed by atoms with Crippen LogP contribution in [0, 0.1) is 11.8 Å². The number of fused-ring (bicyclic) bond motifs is 3. The smallest absolute Gasteiger partial charge is 0.255 e. The summed E-state index contributed by atoms with van der Waals surface area (Å²) in [4.78, 5) is 40.5. The number of phenols is 1. The summed E-state index contributed by atoms with van der Waals surface area (Å²) in [6, 6.07) is 9.00. The number of halogens is 1. The number of phenolic OH excluding ortho intramolecular Hbond substituents is 1. The number of ketones is 2. The number of nitrogens with zero attached hydrogens (tertiary/aromatic N) is 1. The van der Waals surface area contributed by atoms with Gasteiger partial charge < -0.3 is 26.2 Å². The Hall–Kier alpha value is -3.66. The second-order valence-corrected chi connectivity index (χ2v) is 10.4. The molecule has 0 aliphatic heterocycles. The fraction of sp³-hybridized carbons (Fsp3) is 0.296. The minimum atomic E-state index is -2.66. The van der Waals surface area contributed by atoms with Crippen molar-refractivity contribution in [3.8, 4) is 16.9 Å². The number of aliphatic hydroxyl groups excluding tert-OH is 2. The van der Waals surface area contributed by atoms with Crippen LogP contribution < -0.4 is 5.73 Å². The zero-order chi connectivity index (χ0) is 27.0. The van der Waals surface area contributed by atoms with Crippen LogP contribution in [0.25, 0.3) is 16.9 Å². The Morgan fingerprint density at radius 1 is 1.08 bits per heavy atom. The molecule has 192 valence electrons. The van der Waals surface area contributed by atoms with E-state index in [4.69, 9.17) is 17.3 Å². The number of aliphatic hydroxyl groups is 3. The number of rotatable bonds is 3. The van der Waals surface area contributed by atoms with Crippen molar-refractivity contribution in [2.45, 2.75) is 24.5 Å². The number of amides is 1.